The normalized spacial score (nSPS) is 9.69. The van der Waals surface area contributed by atoms with Gasteiger partial charge in [-0.3, -0.25) is 10.1 Å². The number of methoxy groups -OCH3 is 2. The summed E-state index contributed by atoms with van der Waals surface area (Å²) >= 11 is 0. The van der Waals surface area contributed by atoms with Crippen LogP contribution in [0.25, 0.3) is 0 Å². The number of carbonyl (C=O) groups is 1. The number of amides is 1. The number of aromatic nitrogens is 2. The van der Waals surface area contributed by atoms with Gasteiger partial charge in [0.15, 0.2) is 0 Å². The number of anilines is 1. The third-order valence-electron chi connectivity index (χ3n) is 1.69. The number of hydrogen-bond acceptors (Lipinski definition) is 6. The predicted octanol–water partition coefficient (Wildman–Crippen LogP) is -0.348. The van der Waals surface area contributed by atoms with Crippen molar-refractivity contribution in [2.45, 2.75) is 0 Å². The highest BCUT2D eigenvalue weighted by Gasteiger charge is 2.07. The Morgan fingerprint density at radius 3 is 2.31 bits per heavy atom. The second-order valence-electron chi connectivity index (χ2n) is 2.85. The Balaban J connectivity index is 2.82. The number of likely N-dealkylation sites (N-methyl/N-ethyl adjacent to an activating group) is 1. The molecule has 0 fully saturated rings. The standard InChI is InChI=1S/C9H14N4O3/c1-10-5-6(14)11-9-12-7(15-2)4-8(13-9)16-3/h4,10H,5H2,1-3H3,(H,11,12,13,14). The maximum atomic E-state index is 11.3. The topological polar surface area (TPSA) is 85.4 Å². The number of rotatable bonds is 5. The summed E-state index contributed by atoms with van der Waals surface area (Å²) < 4.78 is 9.88. The van der Waals surface area contributed by atoms with Crippen molar-refractivity contribution in [2.75, 3.05) is 33.1 Å². The zero-order chi connectivity index (χ0) is 12.0. The average Bonchev–Trinajstić information content (AvgIpc) is 2.28. The molecule has 7 heteroatoms. The number of carbonyl (C=O) groups excluding carboxylic acids is 1. The molecule has 0 radical (unpaired) electrons. The molecule has 0 unspecified atom stereocenters. The van der Waals surface area contributed by atoms with Gasteiger partial charge in [-0.25, -0.2) is 0 Å². The SMILES string of the molecule is CNCC(=O)Nc1nc(OC)cc(OC)n1. The van der Waals surface area contributed by atoms with Gasteiger partial charge in [0.25, 0.3) is 0 Å². The summed E-state index contributed by atoms with van der Waals surface area (Å²) in [6.07, 6.45) is 0. The molecule has 0 bridgehead atoms. The van der Waals surface area contributed by atoms with E-state index in [0.29, 0.717) is 11.8 Å². The van der Waals surface area contributed by atoms with Crippen LogP contribution in [0.3, 0.4) is 0 Å². The molecule has 0 saturated heterocycles. The average molecular weight is 226 g/mol. The zero-order valence-corrected chi connectivity index (χ0v) is 9.40. The summed E-state index contributed by atoms with van der Waals surface area (Å²) in [5.74, 6) is 0.562. The van der Waals surface area contributed by atoms with Crippen molar-refractivity contribution in [2.24, 2.45) is 0 Å². The smallest absolute Gasteiger partial charge is 0.240 e. The number of hydrogen-bond donors (Lipinski definition) is 2. The molecule has 1 aromatic rings. The van der Waals surface area contributed by atoms with Crippen LogP contribution in [0, 0.1) is 0 Å². The number of ether oxygens (including phenoxy) is 2. The lowest BCUT2D eigenvalue weighted by Crippen LogP contribution is -2.26. The van der Waals surface area contributed by atoms with Crippen LogP contribution in [-0.4, -0.2) is 43.7 Å². The first-order chi connectivity index (χ1) is 7.69. The van der Waals surface area contributed by atoms with E-state index in [4.69, 9.17) is 9.47 Å². The summed E-state index contributed by atoms with van der Waals surface area (Å²) in [7, 11) is 4.62. The molecule has 0 atom stereocenters. The first-order valence-electron chi connectivity index (χ1n) is 4.61. The maximum absolute atomic E-state index is 11.3. The summed E-state index contributed by atoms with van der Waals surface area (Å²) in [6, 6.07) is 1.52. The molecule has 88 valence electrons. The van der Waals surface area contributed by atoms with Crippen LogP contribution in [0.4, 0.5) is 5.95 Å². The van der Waals surface area contributed by atoms with Crippen molar-refractivity contribution in [1.82, 2.24) is 15.3 Å². The zero-order valence-electron chi connectivity index (χ0n) is 9.40. The Morgan fingerprint density at radius 1 is 1.31 bits per heavy atom. The van der Waals surface area contributed by atoms with Gasteiger partial charge in [-0.1, -0.05) is 0 Å². The summed E-state index contributed by atoms with van der Waals surface area (Å²) in [5.41, 5.74) is 0. The first kappa shape index (κ1) is 12.2. The fourth-order valence-electron chi connectivity index (χ4n) is 0.998. The summed E-state index contributed by atoms with van der Waals surface area (Å²) in [5, 5.41) is 5.22. The van der Waals surface area contributed by atoms with E-state index in [2.05, 4.69) is 20.6 Å². The molecule has 0 aliphatic heterocycles. The minimum absolute atomic E-state index is 0.149. The maximum Gasteiger partial charge on any atom is 0.240 e. The van der Waals surface area contributed by atoms with E-state index in [1.54, 1.807) is 7.05 Å². The second kappa shape index (κ2) is 5.86. The van der Waals surface area contributed by atoms with Gasteiger partial charge < -0.3 is 14.8 Å². The van der Waals surface area contributed by atoms with Crippen molar-refractivity contribution >= 4 is 11.9 Å². The van der Waals surface area contributed by atoms with Gasteiger partial charge in [0.05, 0.1) is 26.8 Å². The molecule has 1 rings (SSSR count). The summed E-state index contributed by atoms with van der Waals surface area (Å²) in [4.78, 5) is 19.2. The minimum Gasteiger partial charge on any atom is -0.481 e. The monoisotopic (exact) mass is 226 g/mol. The van der Waals surface area contributed by atoms with Crippen molar-refractivity contribution in [3.63, 3.8) is 0 Å². The first-order valence-corrected chi connectivity index (χ1v) is 4.61. The Hall–Kier alpha value is -1.89. The van der Waals surface area contributed by atoms with Gasteiger partial charge in [0, 0.05) is 0 Å². The lowest BCUT2D eigenvalue weighted by atomic mass is 10.5. The highest BCUT2D eigenvalue weighted by molar-refractivity contribution is 5.90. The Morgan fingerprint density at radius 2 is 1.88 bits per heavy atom. The second-order valence-corrected chi connectivity index (χ2v) is 2.85. The fourth-order valence-corrected chi connectivity index (χ4v) is 0.998. The van der Waals surface area contributed by atoms with Crippen LogP contribution in [0.2, 0.25) is 0 Å². The van der Waals surface area contributed by atoms with Crippen molar-refractivity contribution in [1.29, 1.82) is 0 Å². The summed E-state index contributed by atoms with van der Waals surface area (Å²) in [6.45, 7) is 0.183. The van der Waals surface area contributed by atoms with E-state index in [1.165, 1.54) is 20.3 Å². The van der Waals surface area contributed by atoms with Crippen LogP contribution in [0.1, 0.15) is 0 Å². The molecule has 16 heavy (non-hydrogen) atoms. The number of nitrogens with zero attached hydrogens (tertiary/aromatic N) is 2. The molecule has 0 aromatic carbocycles. The minimum atomic E-state index is -0.238. The van der Waals surface area contributed by atoms with Crippen LogP contribution in [0.15, 0.2) is 6.07 Å². The molecule has 1 aromatic heterocycles. The molecule has 0 aliphatic carbocycles. The third-order valence-corrected chi connectivity index (χ3v) is 1.69. The largest absolute Gasteiger partial charge is 0.481 e. The quantitative estimate of drug-likeness (QED) is 0.714. The molecule has 1 amide bonds. The highest BCUT2D eigenvalue weighted by atomic mass is 16.5. The van der Waals surface area contributed by atoms with Gasteiger partial charge in [-0.2, -0.15) is 9.97 Å². The Labute approximate surface area is 93.2 Å². The molecule has 2 N–H and O–H groups in total. The van der Waals surface area contributed by atoms with Gasteiger partial charge in [0.1, 0.15) is 0 Å². The molecule has 0 spiro atoms. The van der Waals surface area contributed by atoms with E-state index >= 15 is 0 Å². The van der Waals surface area contributed by atoms with E-state index in [1.807, 2.05) is 0 Å². The van der Waals surface area contributed by atoms with E-state index in [-0.39, 0.29) is 18.4 Å². The van der Waals surface area contributed by atoms with Gasteiger partial charge >= 0.3 is 0 Å². The fraction of sp³-hybridized carbons (Fsp3) is 0.444. The lowest BCUT2D eigenvalue weighted by Gasteiger charge is -2.07. The van der Waals surface area contributed by atoms with Crippen LogP contribution >= 0.6 is 0 Å². The number of nitrogens with one attached hydrogen (secondary N) is 2. The van der Waals surface area contributed by atoms with Crippen molar-refractivity contribution in [3.8, 4) is 11.8 Å². The van der Waals surface area contributed by atoms with E-state index < -0.39 is 0 Å². The van der Waals surface area contributed by atoms with Gasteiger partial charge in [-0.05, 0) is 7.05 Å². The lowest BCUT2D eigenvalue weighted by molar-refractivity contribution is -0.115. The molecular formula is C9H14N4O3. The molecule has 0 saturated carbocycles. The van der Waals surface area contributed by atoms with E-state index in [9.17, 15) is 4.79 Å². The van der Waals surface area contributed by atoms with Crippen molar-refractivity contribution < 1.29 is 14.3 Å². The van der Waals surface area contributed by atoms with Crippen molar-refractivity contribution in [3.05, 3.63) is 6.07 Å². The van der Waals surface area contributed by atoms with Crippen LogP contribution < -0.4 is 20.1 Å². The van der Waals surface area contributed by atoms with Crippen LogP contribution in [-0.2, 0) is 4.79 Å². The van der Waals surface area contributed by atoms with E-state index in [0.717, 1.165) is 0 Å². The Bertz CT molecular complexity index is 348. The molecule has 0 aliphatic rings. The molecular weight excluding hydrogens is 212 g/mol. The Kier molecular flexibility index (Phi) is 4.46. The predicted molar refractivity (Wildman–Crippen MR) is 57.7 cm³/mol. The van der Waals surface area contributed by atoms with Gasteiger partial charge in [-0.15, -0.1) is 0 Å². The highest BCUT2D eigenvalue weighted by Crippen LogP contribution is 2.16. The van der Waals surface area contributed by atoms with Gasteiger partial charge in [0.2, 0.25) is 23.6 Å². The van der Waals surface area contributed by atoms with Crippen LogP contribution in [0.5, 0.6) is 11.8 Å². The molecule has 1 heterocycles. The third kappa shape index (κ3) is 3.35. The molecule has 7 nitrogen and oxygen atoms in total.